The van der Waals surface area contributed by atoms with Crippen LogP contribution in [0.25, 0.3) is 0 Å². The number of benzene rings is 1. The summed E-state index contributed by atoms with van der Waals surface area (Å²) in [4.78, 5) is 12.4. The van der Waals surface area contributed by atoms with Crippen molar-refractivity contribution >= 4 is 5.97 Å². The van der Waals surface area contributed by atoms with Gasteiger partial charge in [-0.15, -0.1) is 0 Å². The van der Waals surface area contributed by atoms with Gasteiger partial charge in [0, 0.05) is 24.7 Å². The van der Waals surface area contributed by atoms with E-state index in [0.717, 1.165) is 23.4 Å². The molecule has 20 heavy (non-hydrogen) atoms. The predicted octanol–water partition coefficient (Wildman–Crippen LogP) is 1.71. The third-order valence-corrected chi connectivity index (χ3v) is 2.91. The first kappa shape index (κ1) is 16.5. The Morgan fingerprint density at radius 1 is 1.45 bits per heavy atom. The molecule has 2 N–H and O–H groups in total. The molecule has 0 saturated heterocycles. The second-order valence-corrected chi connectivity index (χ2v) is 5.25. The predicted molar refractivity (Wildman–Crippen MR) is 78.9 cm³/mol. The molecule has 0 saturated carbocycles. The summed E-state index contributed by atoms with van der Waals surface area (Å²) in [5.41, 5.74) is 2.14. The molecule has 0 bridgehead atoms. The van der Waals surface area contributed by atoms with E-state index in [2.05, 4.69) is 19.2 Å². The zero-order valence-electron chi connectivity index (χ0n) is 12.6. The summed E-state index contributed by atoms with van der Waals surface area (Å²) in [7, 11) is 3.44. The minimum Gasteiger partial charge on any atom is -0.496 e. The first-order valence-corrected chi connectivity index (χ1v) is 6.72. The Hall–Kier alpha value is -1.59. The molecule has 0 aliphatic carbocycles. The Bertz CT molecular complexity index is 447. The monoisotopic (exact) mass is 280 g/mol. The first-order chi connectivity index (χ1) is 9.42. The van der Waals surface area contributed by atoms with Crippen LogP contribution in [0, 0.1) is 0 Å². The summed E-state index contributed by atoms with van der Waals surface area (Å²) in [6.45, 7) is 5.56. The summed E-state index contributed by atoms with van der Waals surface area (Å²) in [6.07, 6.45) is 0. The van der Waals surface area contributed by atoms with Crippen LogP contribution in [0.5, 0.6) is 5.75 Å². The minimum absolute atomic E-state index is 0.0268. The molecule has 1 aromatic rings. The van der Waals surface area contributed by atoms with Gasteiger partial charge in [0.05, 0.1) is 13.7 Å². The summed E-state index contributed by atoms with van der Waals surface area (Å²) in [5.74, 6) is 0.0107. The molecule has 5 nitrogen and oxygen atoms in total. The van der Waals surface area contributed by atoms with Crippen molar-refractivity contribution in [3.05, 3.63) is 29.3 Å². The summed E-state index contributed by atoms with van der Waals surface area (Å²) in [5, 5.41) is 12.1. The van der Waals surface area contributed by atoms with Crippen LogP contribution in [0.2, 0.25) is 0 Å². The summed E-state index contributed by atoms with van der Waals surface area (Å²) >= 11 is 0. The second kappa shape index (κ2) is 7.87. The largest absolute Gasteiger partial charge is 0.496 e. The lowest BCUT2D eigenvalue weighted by atomic mass is 10.1. The van der Waals surface area contributed by atoms with Crippen molar-refractivity contribution in [2.75, 3.05) is 20.7 Å². The second-order valence-electron chi connectivity index (χ2n) is 5.25. The fraction of sp³-hybridized carbons (Fsp3) is 0.533. The van der Waals surface area contributed by atoms with Crippen LogP contribution in [0.15, 0.2) is 18.2 Å². The van der Waals surface area contributed by atoms with E-state index >= 15 is 0 Å². The Balaban J connectivity index is 2.73. The topological polar surface area (TPSA) is 61.8 Å². The zero-order valence-corrected chi connectivity index (χ0v) is 12.6. The van der Waals surface area contributed by atoms with Crippen LogP contribution in [0.1, 0.15) is 25.0 Å². The summed E-state index contributed by atoms with van der Waals surface area (Å²) in [6, 6.07) is 6.42. The van der Waals surface area contributed by atoms with E-state index in [0.29, 0.717) is 12.6 Å². The third-order valence-electron chi connectivity index (χ3n) is 2.91. The van der Waals surface area contributed by atoms with Crippen molar-refractivity contribution in [3.63, 3.8) is 0 Å². The van der Waals surface area contributed by atoms with E-state index in [1.165, 1.54) is 0 Å². The van der Waals surface area contributed by atoms with Crippen molar-refractivity contribution in [2.45, 2.75) is 33.0 Å². The number of carbonyl (C=O) groups is 1. The first-order valence-electron chi connectivity index (χ1n) is 6.72. The van der Waals surface area contributed by atoms with Crippen molar-refractivity contribution in [3.8, 4) is 5.75 Å². The van der Waals surface area contributed by atoms with E-state index in [1.54, 1.807) is 19.1 Å². The highest BCUT2D eigenvalue weighted by Crippen LogP contribution is 2.21. The molecule has 0 heterocycles. The normalized spacial score (nSPS) is 11.1. The molecule has 0 amide bonds. The Morgan fingerprint density at radius 3 is 2.70 bits per heavy atom. The van der Waals surface area contributed by atoms with Crippen LogP contribution >= 0.6 is 0 Å². The van der Waals surface area contributed by atoms with E-state index < -0.39 is 5.97 Å². The minimum atomic E-state index is -0.822. The average Bonchev–Trinajstić information content (AvgIpc) is 2.35. The summed E-state index contributed by atoms with van der Waals surface area (Å²) < 4.78 is 5.41. The number of nitrogens with one attached hydrogen (secondary N) is 1. The number of nitrogens with zero attached hydrogens (tertiary/aromatic N) is 1. The maximum atomic E-state index is 10.7. The van der Waals surface area contributed by atoms with Crippen molar-refractivity contribution in [1.82, 2.24) is 10.2 Å². The molecule has 0 aliphatic rings. The van der Waals surface area contributed by atoms with Crippen LogP contribution < -0.4 is 10.1 Å². The molecule has 112 valence electrons. The van der Waals surface area contributed by atoms with E-state index in [4.69, 9.17) is 9.84 Å². The molecule has 5 heteroatoms. The highest BCUT2D eigenvalue weighted by molar-refractivity contribution is 5.69. The molecule has 0 aliphatic heterocycles. The molecule has 0 unspecified atom stereocenters. The lowest BCUT2D eigenvalue weighted by Crippen LogP contribution is -2.25. The highest BCUT2D eigenvalue weighted by Gasteiger charge is 2.08. The SMILES string of the molecule is COc1cc(CN(C)CC(=O)O)ccc1CNC(C)C. The Labute approximate surface area is 120 Å². The molecule has 0 spiro atoms. The van der Waals surface area contributed by atoms with E-state index in [1.807, 2.05) is 18.2 Å². The van der Waals surface area contributed by atoms with Gasteiger partial charge in [-0.05, 0) is 18.7 Å². The molecular weight excluding hydrogens is 256 g/mol. The quantitative estimate of drug-likeness (QED) is 0.759. The van der Waals surface area contributed by atoms with Gasteiger partial charge in [0.1, 0.15) is 5.75 Å². The van der Waals surface area contributed by atoms with E-state index in [-0.39, 0.29) is 6.54 Å². The van der Waals surface area contributed by atoms with Gasteiger partial charge in [0.15, 0.2) is 0 Å². The third kappa shape index (κ3) is 5.59. The zero-order chi connectivity index (χ0) is 15.1. The van der Waals surface area contributed by atoms with Gasteiger partial charge in [-0.1, -0.05) is 26.0 Å². The number of rotatable bonds is 8. The molecule has 1 aromatic carbocycles. The fourth-order valence-electron chi connectivity index (χ4n) is 1.95. The number of ether oxygens (including phenoxy) is 1. The van der Waals surface area contributed by atoms with Gasteiger partial charge in [-0.3, -0.25) is 9.69 Å². The van der Waals surface area contributed by atoms with Crippen LogP contribution in [0.4, 0.5) is 0 Å². The molecule has 0 fully saturated rings. The molecule has 0 atom stereocenters. The smallest absolute Gasteiger partial charge is 0.317 e. The van der Waals surface area contributed by atoms with Gasteiger partial charge in [-0.2, -0.15) is 0 Å². The molecular formula is C15H24N2O3. The fourth-order valence-corrected chi connectivity index (χ4v) is 1.95. The Morgan fingerprint density at radius 2 is 2.15 bits per heavy atom. The molecule has 0 radical (unpaired) electrons. The van der Waals surface area contributed by atoms with Gasteiger partial charge in [0.25, 0.3) is 0 Å². The van der Waals surface area contributed by atoms with Crippen molar-refractivity contribution in [2.24, 2.45) is 0 Å². The molecule has 0 aromatic heterocycles. The van der Waals surface area contributed by atoms with Crippen LogP contribution in [0.3, 0.4) is 0 Å². The highest BCUT2D eigenvalue weighted by atomic mass is 16.5. The standard InChI is InChI=1S/C15H24N2O3/c1-11(2)16-8-13-6-5-12(7-14(13)20-4)9-17(3)10-15(18)19/h5-7,11,16H,8-10H2,1-4H3,(H,18,19). The number of carboxylic acid groups (broad SMARTS) is 1. The van der Waals surface area contributed by atoms with Crippen molar-refractivity contribution < 1.29 is 14.6 Å². The number of carboxylic acids is 1. The van der Waals surface area contributed by atoms with Crippen LogP contribution in [-0.2, 0) is 17.9 Å². The van der Waals surface area contributed by atoms with Crippen LogP contribution in [-0.4, -0.2) is 42.7 Å². The number of methoxy groups -OCH3 is 1. The number of likely N-dealkylation sites (N-methyl/N-ethyl adjacent to an activating group) is 1. The van der Waals surface area contributed by atoms with Gasteiger partial charge in [0.2, 0.25) is 0 Å². The number of aliphatic carboxylic acids is 1. The maximum absolute atomic E-state index is 10.7. The van der Waals surface area contributed by atoms with Gasteiger partial charge < -0.3 is 15.2 Å². The van der Waals surface area contributed by atoms with Gasteiger partial charge >= 0.3 is 5.97 Å². The lowest BCUT2D eigenvalue weighted by Gasteiger charge is -2.16. The van der Waals surface area contributed by atoms with Crippen molar-refractivity contribution in [1.29, 1.82) is 0 Å². The number of hydrogen-bond donors (Lipinski definition) is 2. The Kier molecular flexibility index (Phi) is 6.48. The average molecular weight is 280 g/mol. The molecule has 1 rings (SSSR count). The maximum Gasteiger partial charge on any atom is 0.317 e. The van der Waals surface area contributed by atoms with E-state index in [9.17, 15) is 4.79 Å². The number of hydrogen-bond acceptors (Lipinski definition) is 4. The van der Waals surface area contributed by atoms with Gasteiger partial charge in [-0.25, -0.2) is 0 Å². The lowest BCUT2D eigenvalue weighted by molar-refractivity contribution is -0.138.